The Kier molecular flexibility index (Phi) is 8.88. The highest BCUT2D eigenvalue weighted by Gasteiger charge is 2.43. The van der Waals surface area contributed by atoms with Crippen molar-refractivity contribution in [3.8, 4) is 0 Å². The van der Waals surface area contributed by atoms with Gasteiger partial charge in [-0.3, -0.25) is 14.6 Å². The summed E-state index contributed by atoms with van der Waals surface area (Å²) < 4.78 is 11.3. The topological polar surface area (TPSA) is 125 Å². The number of hydrogen-bond acceptors (Lipinski definition) is 6. The number of aryl methyl sites for hydroxylation is 1. The summed E-state index contributed by atoms with van der Waals surface area (Å²) in [7, 11) is 0. The average Bonchev–Trinajstić information content (AvgIpc) is 3.41. The molecule has 1 saturated heterocycles. The van der Waals surface area contributed by atoms with Gasteiger partial charge < -0.3 is 19.9 Å². The lowest BCUT2D eigenvalue weighted by molar-refractivity contribution is -0.143. The summed E-state index contributed by atoms with van der Waals surface area (Å²) in [6, 6.07) is 12.1. The van der Waals surface area contributed by atoms with E-state index in [1.165, 1.54) is 15.4 Å². The first-order valence-electron chi connectivity index (χ1n) is 15.8. The molecule has 2 heterocycles. The van der Waals surface area contributed by atoms with Crippen LogP contribution >= 0.6 is 0 Å². The maximum absolute atomic E-state index is 13.9. The molecule has 0 bridgehead atoms. The van der Waals surface area contributed by atoms with Crippen LogP contribution in [0.4, 0.5) is 9.59 Å². The van der Waals surface area contributed by atoms with Gasteiger partial charge in [0.15, 0.2) is 0 Å². The Balaban J connectivity index is 1.39. The molecule has 4 atom stereocenters. The second kappa shape index (κ2) is 12.4. The number of hydrogen-bond donors (Lipinski definition) is 2. The van der Waals surface area contributed by atoms with Gasteiger partial charge in [-0.25, -0.2) is 14.4 Å². The highest BCUT2D eigenvalue weighted by molar-refractivity contribution is 5.87. The monoisotopic (exact) mass is 619 g/mol. The Labute approximate surface area is 265 Å². The fraction of sp³-hybridized carbons (Fsp3) is 0.543. The highest BCUT2D eigenvalue weighted by atomic mass is 16.6. The Bertz CT molecular complexity index is 1470. The van der Waals surface area contributed by atoms with E-state index in [1.54, 1.807) is 41.5 Å². The van der Waals surface area contributed by atoms with Crippen LogP contribution in [0.15, 0.2) is 42.5 Å². The summed E-state index contributed by atoms with van der Waals surface area (Å²) >= 11 is 0. The summed E-state index contributed by atoms with van der Waals surface area (Å²) in [6.45, 7) is 11.0. The van der Waals surface area contributed by atoms with E-state index in [-0.39, 0.29) is 30.8 Å². The summed E-state index contributed by atoms with van der Waals surface area (Å²) in [5, 5.41) is 13.1. The van der Waals surface area contributed by atoms with Crippen molar-refractivity contribution in [3.63, 3.8) is 0 Å². The molecule has 2 aromatic rings. The number of nitrogens with zero attached hydrogens (tertiary/aromatic N) is 2. The molecule has 1 unspecified atom stereocenters. The SMILES string of the molecule is CC(C)(C)OC(=O)N1Cc2cc([C@H]3C[C@@H](C(=O)N[C@@H]4CCCc5ccccc54)N(C(=O)OC(C)(C)C)C3)ccc2CC1C(=O)O. The largest absolute Gasteiger partial charge is 0.480 e. The smallest absolute Gasteiger partial charge is 0.411 e. The maximum atomic E-state index is 13.9. The van der Waals surface area contributed by atoms with Crippen molar-refractivity contribution in [2.24, 2.45) is 0 Å². The Morgan fingerprint density at radius 3 is 2.18 bits per heavy atom. The number of ether oxygens (including phenoxy) is 2. The Hall–Kier alpha value is -4.08. The van der Waals surface area contributed by atoms with E-state index >= 15 is 0 Å². The molecule has 2 aromatic carbocycles. The molecule has 242 valence electrons. The minimum absolute atomic E-state index is 0.0859. The molecular weight excluding hydrogens is 574 g/mol. The highest BCUT2D eigenvalue weighted by Crippen LogP contribution is 2.37. The molecule has 10 heteroatoms. The lowest BCUT2D eigenvalue weighted by Crippen LogP contribution is -2.50. The Morgan fingerprint density at radius 1 is 0.844 bits per heavy atom. The van der Waals surface area contributed by atoms with Crippen LogP contribution in [0.5, 0.6) is 0 Å². The number of carbonyl (C=O) groups excluding carboxylic acids is 3. The van der Waals surface area contributed by atoms with E-state index in [0.29, 0.717) is 13.0 Å². The summed E-state index contributed by atoms with van der Waals surface area (Å²) in [5.41, 5.74) is 3.45. The van der Waals surface area contributed by atoms with Crippen molar-refractivity contribution in [2.45, 2.75) is 115 Å². The molecule has 0 aromatic heterocycles. The molecule has 0 spiro atoms. The van der Waals surface area contributed by atoms with Gasteiger partial charge in [0.25, 0.3) is 0 Å². The predicted molar refractivity (Wildman–Crippen MR) is 168 cm³/mol. The zero-order chi connectivity index (χ0) is 32.7. The summed E-state index contributed by atoms with van der Waals surface area (Å²) in [6.07, 6.45) is 2.15. The molecule has 3 aliphatic rings. The molecule has 3 amide bonds. The molecule has 1 aliphatic carbocycles. The summed E-state index contributed by atoms with van der Waals surface area (Å²) in [5.74, 6) is -1.46. The first-order valence-corrected chi connectivity index (χ1v) is 15.8. The Morgan fingerprint density at radius 2 is 1.51 bits per heavy atom. The normalized spacial score (nSPS) is 23.1. The third-order valence-corrected chi connectivity index (χ3v) is 8.66. The molecule has 1 fully saturated rings. The predicted octanol–water partition coefficient (Wildman–Crippen LogP) is 5.72. The van der Waals surface area contributed by atoms with E-state index in [2.05, 4.69) is 17.4 Å². The fourth-order valence-corrected chi connectivity index (χ4v) is 6.61. The number of rotatable bonds is 4. The lowest BCUT2D eigenvalue weighted by Gasteiger charge is -2.36. The van der Waals surface area contributed by atoms with Crippen molar-refractivity contribution < 1.29 is 33.8 Å². The number of fused-ring (bicyclic) bond motifs is 2. The standard InChI is InChI=1S/C35H45N3O7/c1-34(2,3)44-32(42)37-20-25(18-28(37)30(39)36-27-13-9-11-21-10-7-8-12-26(21)27)22-14-15-23-17-29(31(40)41)38(19-24(23)16-22)33(43)45-35(4,5)6/h7-8,10,12,14-16,25,27-29H,9,11,13,17-20H2,1-6H3,(H,36,39)(H,40,41)/t25-,27+,28-,29?/m0/s1. The number of carbonyl (C=O) groups is 4. The van der Waals surface area contributed by atoms with Gasteiger partial charge in [0.2, 0.25) is 5.91 Å². The van der Waals surface area contributed by atoms with Gasteiger partial charge in [-0.2, -0.15) is 0 Å². The lowest BCUT2D eigenvalue weighted by atomic mass is 9.87. The van der Waals surface area contributed by atoms with Gasteiger partial charge in [0, 0.05) is 18.9 Å². The van der Waals surface area contributed by atoms with Crippen LogP contribution in [0, 0.1) is 0 Å². The van der Waals surface area contributed by atoms with E-state index in [0.717, 1.165) is 41.5 Å². The van der Waals surface area contributed by atoms with Crippen LogP contribution in [0.1, 0.15) is 101 Å². The first-order chi connectivity index (χ1) is 21.1. The summed E-state index contributed by atoms with van der Waals surface area (Å²) in [4.78, 5) is 55.2. The third-order valence-electron chi connectivity index (χ3n) is 8.66. The molecule has 0 saturated carbocycles. The van der Waals surface area contributed by atoms with Gasteiger partial charge >= 0.3 is 18.2 Å². The second-order valence-electron chi connectivity index (χ2n) is 14.4. The van der Waals surface area contributed by atoms with Crippen LogP contribution < -0.4 is 5.32 Å². The maximum Gasteiger partial charge on any atom is 0.411 e. The minimum Gasteiger partial charge on any atom is -0.480 e. The van der Waals surface area contributed by atoms with Crippen molar-refractivity contribution in [2.75, 3.05) is 6.54 Å². The second-order valence-corrected chi connectivity index (χ2v) is 14.4. The van der Waals surface area contributed by atoms with Crippen molar-refractivity contribution >= 4 is 24.1 Å². The number of benzene rings is 2. The van der Waals surface area contributed by atoms with Crippen LogP contribution in [-0.2, 0) is 38.4 Å². The van der Waals surface area contributed by atoms with Gasteiger partial charge in [0.05, 0.1) is 12.6 Å². The number of amides is 3. The minimum atomic E-state index is -1.09. The molecule has 45 heavy (non-hydrogen) atoms. The third kappa shape index (κ3) is 7.43. The van der Waals surface area contributed by atoms with Crippen LogP contribution in [-0.4, -0.2) is 68.8 Å². The number of carboxylic acids is 1. The average molecular weight is 620 g/mol. The van der Waals surface area contributed by atoms with E-state index in [9.17, 15) is 24.3 Å². The van der Waals surface area contributed by atoms with Crippen molar-refractivity contribution in [1.29, 1.82) is 0 Å². The molecule has 0 radical (unpaired) electrons. The van der Waals surface area contributed by atoms with E-state index in [4.69, 9.17) is 9.47 Å². The van der Waals surface area contributed by atoms with Crippen LogP contribution in [0.3, 0.4) is 0 Å². The zero-order valence-electron chi connectivity index (χ0n) is 27.1. The van der Waals surface area contributed by atoms with Gasteiger partial charge in [0.1, 0.15) is 23.3 Å². The number of aliphatic carboxylic acids is 1. The molecule has 2 aliphatic heterocycles. The van der Waals surface area contributed by atoms with Crippen LogP contribution in [0.25, 0.3) is 0 Å². The first kappa shape index (κ1) is 32.3. The van der Waals surface area contributed by atoms with E-state index < -0.39 is 41.4 Å². The molecular formula is C35H45N3O7. The zero-order valence-corrected chi connectivity index (χ0v) is 27.1. The van der Waals surface area contributed by atoms with E-state index in [1.807, 2.05) is 30.3 Å². The van der Waals surface area contributed by atoms with Gasteiger partial charge in [-0.05, 0) is 95.0 Å². The number of likely N-dealkylation sites (tertiary alicyclic amines) is 1. The van der Waals surface area contributed by atoms with Gasteiger partial charge in [-0.1, -0.05) is 42.5 Å². The molecule has 10 nitrogen and oxygen atoms in total. The molecule has 5 rings (SSSR count). The van der Waals surface area contributed by atoms with Crippen LogP contribution in [0.2, 0.25) is 0 Å². The quantitative estimate of drug-likeness (QED) is 0.448. The van der Waals surface area contributed by atoms with Crippen molar-refractivity contribution in [3.05, 3.63) is 70.3 Å². The molecule has 2 N–H and O–H groups in total. The van der Waals surface area contributed by atoms with Gasteiger partial charge in [-0.15, -0.1) is 0 Å². The van der Waals surface area contributed by atoms with Crippen molar-refractivity contribution in [1.82, 2.24) is 15.1 Å². The number of nitrogens with one attached hydrogen (secondary N) is 1. The number of carboxylic acid groups (broad SMARTS) is 1. The fourth-order valence-electron chi connectivity index (χ4n) is 6.61.